The lowest BCUT2D eigenvalue weighted by Crippen LogP contribution is -2.51. The minimum absolute atomic E-state index is 0.0128. The molecule has 0 saturated carbocycles. The Kier molecular flexibility index (Phi) is 7.37. The number of hydrogen-bond donors (Lipinski definition) is 0. The molecule has 132 valence electrons. The zero-order chi connectivity index (χ0) is 17.4. The number of alkyl halides is 1. The maximum Gasteiger partial charge on any atom is 0.410 e. The van der Waals surface area contributed by atoms with Gasteiger partial charge in [0.2, 0.25) is 5.91 Å². The van der Waals surface area contributed by atoms with E-state index in [2.05, 4.69) is 0 Å². The van der Waals surface area contributed by atoms with Gasteiger partial charge in [-0.25, -0.2) is 4.79 Å². The molecule has 1 aromatic rings. The molecule has 1 unspecified atom stereocenters. The average molecular weight is 353 g/mol. The summed E-state index contributed by atoms with van der Waals surface area (Å²) >= 11 is 5.70. The molecular weight excluding hydrogens is 328 g/mol. The SMILES string of the molecule is CCN(CC1CCCCN1C(=O)CCl)C(=O)OCc1ccccc1. The summed E-state index contributed by atoms with van der Waals surface area (Å²) in [4.78, 5) is 27.8. The standard InChI is InChI=1S/C18H25ClN2O3/c1-2-20(18(23)24-14-15-8-4-3-5-9-15)13-16-10-6-7-11-21(16)17(22)12-19/h3-5,8-9,16H,2,6-7,10-14H2,1H3. The van der Waals surface area contributed by atoms with Gasteiger partial charge < -0.3 is 14.5 Å². The zero-order valence-corrected chi connectivity index (χ0v) is 14.9. The fourth-order valence-corrected chi connectivity index (χ4v) is 3.15. The third-order valence-electron chi connectivity index (χ3n) is 4.34. The molecule has 0 aliphatic carbocycles. The zero-order valence-electron chi connectivity index (χ0n) is 14.1. The van der Waals surface area contributed by atoms with Crippen LogP contribution in [0.15, 0.2) is 30.3 Å². The molecule has 0 N–H and O–H groups in total. The van der Waals surface area contributed by atoms with Crippen molar-refractivity contribution >= 4 is 23.6 Å². The molecule has 2 rings (SSSR count). The molecule has 1 heterocycles. The van der Waals surface area contributed by atoms with Crippen LogP contribution < -0.4 is 0 Å². The van der Waals surface area contributed by atoms with Gasteiger partial charge in [-0.3, -0.25) is 4.79 Å². The Balaban J connectivity index is 1.91. The first-order chi connectivity index (χ1) is 11.7. The highest BCUT2D eigenvalue weighted by Gasteiger charge is 2.29. The van der Waals surface area contributed by atoms with Crippen molar-refractivity contribution in [2.24, 2.45) is 0 Å². The van der Waals surface area contributed by atoms with Gasteiger partial charge in [-0.15, -0.1) is 11.6 Å². The summed E-state index contributed by atoms with van der Waals surface area (Å²) in [5.74, 6) is -0.0729. The number of amides is 2. The Morgan fingerprint density at radius 2 is 2.04 bits per heavy atom. The van der Waals surface area contributed by atoms with Crippen LogP contribution in [0.1, 0.15) is 31.7 Å². The predicted octanol–water partition coefficient (Wildman–Crippen LogP) is 3.27. The Hall–Kier alpha value is -1.75. The van der Waals surface area contributed by atoms with Crippen molar-refractivity contribution in [1.29, 1.82) is 0 Å². The largest absolute Gasteiger partial charge is 0.445 e. The van der Waals surface area contributed by atoms with E-state index in [1.165, 1.54) is 0 Å². The minimum atomic E-state index is -0.342. The number of ether oxygens (including phenoxy) is 1. The predicted molar refractivity (Wildman–Crippen MR) is 93.9 cm³/mol. The number of likely N-dealkylation sites (tertiary alicyclic amines) is 1. The van der Waals surface area contributed by atoms with E-state index >= 15 is 0 Å². The van der Waals surface area contributed by atoms with Crippen LogP contribution in [0.2, 0.25) is 0 Å². The van der Waals surface area contributed by atoms with E-state index in [-0.39, 0.29) is 30.5 Å². The Morgan fingerprint density at radius 3 is 2.71 bits per heavy atom. The highest BCUT2D eigenvalue weighted by Crippen LogP contribution is 2.19. The summed E-state index contributed by atoms with van der Waals surface area (Å²) in [6, 6.07) is 9.62. The van der Waals surface area contributed by atoms with Crippen molar-refractivity contribution in [3.05, 3.63) is 35.9 Å². The van der Waals surface area contributed by atoms with E-state index in [0.29, 0.717) is 19.6 Å². The van der Waals surface area contributed by atoms with Gasteiger partial charge in [0.05, 0.1) is 0 Å². The van der Waals surface area contributed by atoms with Crippen LogP contribution in [-0.4, -0.2) is 53.4 Å². The highest BCUT2D eigenvalue weighted by atomic mass is 35.5. The fourth-order valence-electron chi connectivity index (χ4n) is 2.99. The minimum Gasteiger partial charge on any atom is -0.445 e. The molecule has 1 fully saturated rings. The van der Waals surface area contributed by atoms with Crippen molar-refractivity contribution < 1.29 is 14.3 Å². The molecule has 24 heavy (non-hydrogen) atoms. The summed E-state index contributed by atoms with van der Waals surface area (Å²) in [5.41, 5.74) is 0.957. The summed E-state index contributed by atoms with van der Waals surface area (Å²) in [6.07, 6.45) is 2.60. The number of piperidine rings is 1. The second kappa shape index (κ2) is 9.52. The molecule has 1 atom stereocenters. The second-order valence-corrected chi connectivity index (χ2v) is 6.22. The van der Waals surface area contributed by atoms with Crippen LogP contribution in [0.5, 0.6) is 0 Å². The number of carbonyl (C=O) groups is 2. The normalized spacial score (nSPS) is 17.4. The lowest BCUT2D eigenvalue weighted by Gasteiger charge is -2.38. The van der Waals surface area contributed by atoms with Crippen LogP contribution in [0.25, 0.3) is 0 Å². The number of benzene rings is 1. The lowest BCUT2D eigenvalue weighted by molar-refractivity contribution is -0.132. The first-order valence-electron chi connectivity index (χ1n) is 8.46. The number of nitrogens with zero attached hydrogens (tertiary/aromatic N) is 2. The Labute approximate surface area is 148 Å². The van der Waals surface area contributed by atoms with Gasteiger partial charge in [0.25, 0.3) is 0 Å². The van der Waals surface area contributed by atoms with Crippen LogP contribution in [0, 0.1) is 0 Å². The Bertz CT molecular complexity index is 538. The topological polar surface area (TPSA) is 49.9 Å². The average Bonchev–Trinajstić information content (AvgIpc) is 2.64. The van der Waals surface area contributed by atoms with Gasteiger partial charge in [-0.2, -0.15) is 0 Å². The van der Waals surface area contributed by atoms with Gasteiger partial charge in [0, 0.05) is 25.7 Å². The number of halogens is 1. The quantitative estimate of drug-likeness (QED) is 0.738. The lowest BCUT2D eigenvalue weighted by atomic mass is 10.0. The van der Waals surface area contributed by atoms with Gasteiger partial charge in [0.1, 0.15) is 12.5 Å². The number of rotatable bonds is 6. The molecular formula is C18H25ClN2O3. The summed E-state index contributed by atoms with van der Waals surface area (Å²) in [5, 5.41) is 0. The van der Waals surface area contributed by atoms with E-state index in [9.17, 15) is 9.59 Å². The van der Waals surface area contributed by atoms with Crippen molar-refractivity contribution in [1.82, 2.24) is 9.80 Å². The van der Waals surface area contributed by atoms with E-state index < -0.39 is 0 Å². The first kappa shape index (κ1) is 18.6. The highest BCUT2D eigenvalue weighted by molar-refractivity contribution is 6.27. The monoisotopic (exact) mass is 352 g/mol. The molecule has 5 nitrogen and oxygen atoms in total. The maximum atomic E-state index is 12.3. The Morgan fingerprint density at radius 1 is 1.29 bits per heavy atom. The van der Waals surface area contributed by atoms with Crippen molar-refractivity contribution in [2.45, 2.75) is 38.8 Å². The molecule has 6 heteroatoms. The smallest absolute Gasteiger partial charge is 0.410 e. The van der Waals surface area contributed by atoms with Crippen LogP contribution in [0.4, 0.5) is 4.79 Å². The van der Waals surface area contributed by atoms with Crippen molar-refractivity contribution in [3.8, 4) is 0 Å². The van der Waals surface area contributed by atoms with Gasteiger partial charge in [-0.05, 0) is 31.7 Å². The molecule has 2 amide bonds. The first-order valence-corrected chi connectivity index (χ1v) is 9.00. The molecule has 0 spiro atoms. The molecule has 0 aromatic heterocycles. The summed E-state index contributed by atoms with van der Waals surface area (Å²) in [6.45, 7) is 3.93. The van der Waals surface area contributed by atoms with Gasteiger partial charge >= 0.3 is 6.09 Å². The third kappa shape index (κ3) is 5.13. The van der Waals surface area contributed by atoms with Crippen LogP contribution in [-0.2, 0) is 16.1 Å². The molecule has 1 aromatic carbocycles. The van der Waals surface area contributed by atoms with Crippen LogP contribution >= 0.6 is 11.6 Å². The second-order valence-electron chi connectivity index (χ2n) is 5.95. The van der Waals surface area contributed by atoms with Crippen LogP contribution in [0.3, 0.4) is 0 Å². The summed E-state index contributed by atoms with van der Waals surface area (Å²) in [7, 11) is 0. The maximum absolute atomic E-state index is 12.3. The molecule has 0 bridgehead atoms. The molecule has 1 saturated heterocycles. The van der Waals surface area contributed by atoms with E-state index in [0.717, 1.165) is 24.8 Å². The molecule has 1 aliphatic heterocycles. The fraction of sp³-hybridized carbons (Fsp3) is 0.556. The van der Waals surface area contributed by atoms with E-state index in [1.807, 2.05) is 42.2 Å². The van der Waals surface area contributed by atoms with Gasteiger partial charge in [-0.1, -0.05) is 30.3 Å². The third-order valence-corrected chi connectivity index (χ3v) is 4.57. The van der Waals surface area contributed by atoms with E-state index in [1.54, 1.807) is 4.90 Å². The molecule has 0 radical (unpaired) electrons. The van der Waals surface area contributed by atoms with Gasteiger partial charge in [0.15, 0.2) is 0 Å². The number of hydrogen-bond acceptors (Lipinski definition) is 3. The number of likely N-dealkylation sites (N-methyl/N-ethyl adjacent to an activating group) is 1. The van der Waals surface area contributed by atoms with Crippen molar-refractivity contribution in [2.75, 3.05) is 25.5 Å². The van der Waals surface area contributed by atoms with Crippen molar-refractivity contribution in [3.63, 3.8) is 0 Å². The number of carbonyl (C=O) groups excluding carboxylic acids is 2. The van der Waals surface area contributed by atoms with E-state index in [4.69, 9.17) is 16.3 Å². The molecule has 1 aliphatic rings. The summed E-state index contributed by atoms with van der Waals surface area (Å²) < 4.78 is 5.40.